The molecule has 174 valence electrons. The molecular weight excluding hydrogens is 382 g/mol. The summed E-state index contributed by atoms with van der Waals surface area (Å²) < 4.78 is 0. The van der Waals surface area contributed by atoms with Crippen molar-refractivity contribution in [2.75, 3.05) is 7.05 Å². The number of allylic oxidation sites excluding steroid dienone is 2. The summed E-state index contributed by atoms with van der Waals surface area (Å²) in [6.07, 6.45) is 20.0. The molecule has 0 saturated heterocycles. The Balaban J connectivity index is 3.70. The number of carbonyl (C=O) groups excluding carboxylic acids is 1. The molecule has 6 heteroatoms. The fraction of sp³-hybridized carbons (Fsp3) is 0.792. The number of carboxylic acids is 2. The van der Waals surface area contributed by atoms with Gasteiger partial charge in [-0.3, -0.25) is 9.59 Å². The molecule has 2 N–H and O–H groups in total. The van der Waals surface area contributed by atoms with Gasteiger partial charge in [0.25, 0.3) is 0 Å². The maximum Gasteiger partial charge on any atom is 0.326 e. The fourth-order valence-electron chi connectivity index (χ4n) is 3.44. The highest BCUT2D eigenvalue weighted by atomic mass is 16.4. The highest BCUT2D eigenvalue weighted by Crippen LogP contribution is 2.12. The summed E-state index contributed by atoms with van der Waals surface area (Å²) in [4.78, 5) is 35.3. The van der Waals surface area contributed by atoms with E-state index in [0.717, 1.165) is 38.5 Å². The summed E-state index contributed by atoms with van der Waals surface area (Å²) in [6, 6.07) is -1.07. The number of carboxylic acid groups (broad SMARTS) is 2. The number of rotatable bonds is 20. The monoisotopic (exact) mass is 425 g/mol. The molecule has 0 aromatic rings. The molecule has 6 nitrogen and oxygen atoms in total. The van der Waals surface area contributed by atoms with Crippen molar-refractivity contribution in [2.45, 2.75) is 116 Å². The molecule has 0 radical (unpaired) electrons. The predicted molar refractivity (Wildman–Crippen MR) is 121 cm³/mol. The van der Waals surface area contributed by atoms with Gasteiger partial charge in [0.1, 0.15) is 6.04 Å². The van der Waals surface area contributed by atoms with Gasteiger partial charge in [0.2, 0.25) is 5.91 Å². The van der Waals surface area contributed by atoms with Crippen LogP contribution in [0.3, 0.4) is 0 Å². The first-order valence-corrected chi connectivity index (χ1v) is 11.7. The Hall–Kier alpha value is -1.85. The van der Waals surface area contributed by atoms with Crippen molar-refractivity contribution in [3.63, 3.8) is 0 Å². The Kier molecular flexibility index (Phi) is 18.0. The lowest BCUT2D eigenvalue weighted by Crippen LogP contribution is -2.42. The standard InChI is InChI=1S/C24H43NO5/c1-3-4-5-6-7-8-9-10-11-12-13-14-15-16-17-18-22(26)25(2)21(24(29)30)19-20-23(27)28/h10-11,21H,3-9,12-20H2,1-2H3,(H,27,28)(H,29,30)/t21-/m0/s1. The smallest absolute Gasteiger partial charge is 0.326 e. The van der Waals surface area contributed by atoms with E-state index >= 15 is 0 Å². The van der Waals surface area contributed by atoms with Gasteiger partial charge in [0, 0.05) is 19.9 Å². The Morgan fingerprint density at radius 1 is 0.767 bits per heavy atom. The van der Waals surface area contributed by atoms with Crippen molar-refractivity contribution >= 4 is 17.8 Å². The number of amides is 1. The van der Waals surface area contributed by atoms with E-state index in [9.17, 15) is 19.5 Å². The summed E-state index contributed by atoms with van der Waals surface area (Å²) in [5, 5.41) is 17.9. The molecule has 30 heavy (non-hydrogen) atoms. The van der Waals surface area contributed by atoms with Gasteiger partial charge in [-0.15, -0.1) is 0 Å². The van der Waals surface area contributed by atoms with Gasteiger partial charge in [0.15, 0.2) is 0 Å². The lowest BCUT2D eigenvalue weighted by Gasteiger charge is -2.24. The van der Waals surface area contributed by atoms with Crippen LogP contribution in [-0.4, -0.2) is 46.0 Å². The fourth-order valence-corrected chi connectivity index (χ4v) is 3.44. The van der Waals surface area contributed by atoms with E-state index < -0.39 is 18.0 Å². The molecule has 1 atom stereocenters. The molecule has 0 aromatic carbocycles. The Bertz CT molecular complexity index is 504. The second-order valence-electron chi connectivity index (χ2n) is 8.13. The first kappa shape index (κ1) is 28.1. The van der Waals surface area contributed by atoms with Gasteiger partial charge in [-0.2, -0.15) is 0 Å². The van der Waals surface area contributed by atoms with Crippen LogP contribution >= 0.6 is 0 Å². The molecule has 0 heterocycles. The zero-order valence-electron chi connectivity index (χ0n) is 19.1. The van der Waals surface area contributed by atoms with Gasteiger partial charge < -0.3 is 15.1 Å². The highest BCUT2D eigenvalue weighted by molar-refractivity contribution is 5.83. The summed E-state index contributed by atoms with van der Waals surface area (Å²) in [5.41, 5.74) is 0. The van der Waals surface area contributed by atoms with Crippen LogP contribution in [0.4, 0.5) is 0 Å². The van der Waals surface area contributed by atoms with Crippen molar-refractivity contribution in [3.05, 3.63) is 12.2 Å². The van der Waals surface area contributed by atoms with Crippen LogP contribution in [-0.2, 0) is 14.4 Å². The lowest BCUT2D eigenvalue weighted by molar-refractivity contribution is -0.150. The van der Waals surface area contributed by atoms with E-state index in [-0.39, 0.29) is 18.7 Å². The van der Waals surface area contributed by atoms with Gasteiger partial charge in [-0.1, -0.05) is 70.4 Å². The average molecular weight is 426 g/mol. The molecule has 0 rings (SSSR count). The maximum absolute atomic E-state index is 12.2. The van der Waals surface area contributed by atoms with Crippen molar-refractivity contribution in [2.24, 2.45) is 0 Å². The van der Waals surface area contributed by atoms with Crippen molar-refractivity contribution < 1.29 is 24.6 Å². The second kappa shape index (κ2) is 19.1. The minimum atomic E-state index is -1.16. The first-order chi connectivity index (χ1) is 14.4. The molecule has 0 spiro atoms. The van der Waals surface area contributed by atoms with E-state index in [1.54, 1.807) is 0 Å². The number of nitrogens with zero attached hydrogens (tertiary/aromatic N) is 1. The van der Waals surface area contributed by atoms with Gasteiger partial charge in [0.05, 0.1) is 0 Å². The largest absolute Gasteiger partial charge is 0.481 e. The molecule has 0 aromatic heterocycles. The third-order valence-electron chi connectivity index (χ3n) is 5.43. The van der Waals surface area contributed by atoms with Crippen LogP contribution in [0.5, 0.6) is 0 Å². The summed E-state index contributed by atoms with van der Waals surface area (Å²) >= 11 is 0. The second-order valence-corrected chi connectivity index (χ2v) is 8.13. The number of carbonyl (C=O) groups is 3. The van der Waals surface area contributed by atoms with Crippen LogP contribution in [0.15, 0.2) is 12.2 Å². The lowest BCUT2D eigenvalue weighted by atomic mass is 10.1. The van der Waals surface area contributed by atoms with Crippen molar-refractivity contribution in [3.8, 4) is 0 Å². The van der Waals surface area contributed by atoms with Crippen molar-refractivity contribution in [1.82, 2.24) is 4.90 Å². The van der Waals surface area contributed by atoms with E-state index in [1.807, 2.05) is 0 Å². The summed E-state index contributed by atoms with van der Waals surface area (Å²) in [6.45, 7) is 2.24. The first-order valence-electron chi connectivity index (χ1n) is 11.7. The maximum atomic E-state index is 12.2. The molecule has 0 fully saturated rings. The van der Waals surface area contributed by atoms with Crippen LogP contribution < -0.4 is 0 Å². The molecule has 0 unspecified atom stereocenters. The molecule has 0 bridgehead atoms. The third-order valence-corrected chi connectivity index (χ3v) is 5.43. The normalized spacial score (nSPS) is 12.2. The van der Waals surface area contributed by atoms with Crippen LogP contribution in [0.25, 0.3) is 0 Å². The minimum Gasteiger partial charge on any atom is -0.481 e. The van der Waals surface area contributed by atoms with Gasteiger partial charge in [-0.05, 0) is 38.5 Å². The SMILES string of the molecule is CCCCCCCCC=CCCCCCCCC(=O)N(C)[C@@H](CCC(=O)O)C(=O)O. The Morgan fingerprint density at radius 3 is 1.77 bits per heavy atom. The number of hydrogen-bond donors (Lipinski definition) is 2. The predicted octanol–water partition coefficient (Wildman–Crippen LogP) is 5.80. The molecule has 0 aliphatic rings. The van der Waals surface area contributed by atoms with Crippen LogP contribution in [0.1, 0.15) is 110 Å². The third kappa shape index (κ3) is 16.0. The van der Waals surface area contributed by atoms with Crippen LogP contribution in [0.2, 0.25) is 0 Å². The van der Waals surface area contributed by atoms with Crippen molar-refractivity contribution in [1.29, 1.82) is 0 Å². The number of likely N-dealkylation sites (N-methyl/N-ethyl adjacent to an activating group) is 1. The van der Waals surface area contributed by atoms with E-state index in [2.05, 4.69) is 19.1 Å². The zero-order valence-corrected chi connectivity index (χ0v) is 19.1. The number of hydrogen-bond acceptors (Lipinski definition) is 3. The summed E-state index contributed by atoms with van der Waals surface area (Å²) in [5.74, 6) is -2.44. The average Bonchev–Trinajstić information content (AvgIpc) is 2.70. The molecule has 0 aliphatic carbocycles. The quantitative estimate of drug-likeness (QED) is 0.190. The Labute approximate surface area is 182 Å². The Morgan fingerprint density at radius 2 is 1.27 bits per heavy atom. The van der Waals surface area contributed by atoms with E-state index in [0.29, 0.717) is 6.42 Å². The molecular formula is C24H43NO5. The van der Waals surface area contributed by atoms with E-state index in [4.69, 9.17) is 5.11 Å². The van der Waals surface area contributed by atoms with Crippen LogP contribution in [0, 0.1) is 0 Å². The molecule has 0 aliphatic heterocycles. The zero-order chi connectivity index (χ0) is 22.6. The molecule has 1 amide bonds. The molecule has 0 saturated carbocycles. The van der Waals surface area contributed by atoms with E-state index in [1.165, 1.54) is 56.9 Å². The van der Waals surface area contributed by atoms with Gasteiger partial charge >= 0.3 is 11.9 Å². The number of unbranched alkanes of at least 4 members (excludes halogenated alkanes) is 11. The topological polar surface area (TPSA) is 94.9 Å². The van der Waals surface area contributed by atoms with Gasteiger partial charge in [-0.25, -0.2) is 4.79 Å². The minimum absolute atomic E-state index is 0.0702. The summed E-state index contributed by atoms with van der Waals surface area (Å²) in [7, 11) is 1.44. The highest BCUT2D eigenvalue weighted by Gasteiger charge is 2.26. The number of aliphatic carboxylic acids is 2.